The third-order valence-corrected chi connectivity index (χ3v) is 3.97. The van der Waals surface area contributed by atoms with Gasteiger partial charge in [-0.05, 0) is 39.7 Å². The number of nitrogens with zero attached hydrogens (tertiary/aromatic N) is 3. The fraction of sp³-hybridized carbons (Fsp3) is 0. The molecular formula is C12H6BrClN4OS. The van der Waals surface area contributed by atoms with E-state index >= 15 is 0 Å². The topological polar surface area (TPSA) is 67.8 Å². The second kappa shape index (κ2) is 5.43. The number of amides is 1. The van der Waals surface area contributed by atoms with E-state index in [-0.39, 0.29) is 15.4 Å². The standard InChI is InChI=1S/C12H6BrClN4OS/c13-7-4-6-2-1-3-8(9(6)15-5-7)16-10(19)11-17-18-12(14)20-11/h1-5H,(H,16,19). The molecule has 100 valence electrons. The van der Waals surface area contributed by atoms with E-state index in [1.165, 1.54) is 0 Å². The number of fused-ring (bicyclic) bond motifs is 1. The Morgan fingerprint density at radius 1 is 1.35 bits per heavy atom. The second-order valence-electron chi connectivity index (χ2n) is 3.85. The number of benzene rings is 1. The molecule has 0 unspecified atom stereocenters. The molecule has 0 bridgehead atoms. The molecule has 0 spiro atoms. The quantitative estimate of drug-likeness (QED) is 0.747. The monoisotopic (exact) mass is 368 g/mol. The summed E-state index contributed by atoms with van der Waals surface area (Å²) in [4.78, 5) is 16.4. The Bertz CT molecular complexity index is 807. The average molecular weight is 370 g/mol. The number of halogens is 2. The molecule has 20 heavy (non-hydrogen) atoms. The zero-order valence-corrected chi connectivity index (χ0v) is 13.0. The van der Waals surface area contributed by atoms with Crippen molar-refractivity contribution in [2.24, 2.45) is 0 Å². The number of para-hydroxylation sites is 1. The van der Waals surface area contributed by atoms with Gasteiger partial charge in [0.1, 0.15) is 0 Å². The van der Waals surface area contributed by atoms with Crippen LogP contribution in [0.1, 0.15) is 9.80 Å². The highest BCUT2D eigenvalue weighted by Crippen LogP contribution is 2.25. The maximum atomic E-state index is 12.0. The highest BCUT2D eigenvalue weighted by Gasteiger charge is 2.13. The molecule has 1 aromatic carbocycles. The van der Waals surface area contributed by atoms with Gasteiger partial charge in [-0.2, -0.15) is 0 Å². The van der Waals surface area contributed by atoms with Crippen LogP contribution >= 0.6 is 38.9 Å². The Hall–Kier alpha value is -1.57. The van der Waals surface area contributed by atoms with Crippen LogP contribution in [0.15, 0.2) is 34.9 Å². The lowest BCUT2D eigenvalue weighted by Gasteiger charge is -2.06. The first-order valence-electron chi connectivity index (χ1n) is 5.48. The van der Waals surface area contributed by atoms with Crippen molar-refractivity contribution in [3.05, 3.63) is 44.4 Å². The molecule has 1 N–H and O–H groups in total. The summed E-state index contributed by atoms with van der Waals surface area (Å²) >= 11 is 10.1. The highest BCUT2D eigenvalue weighted by atomic mass is 79.9. The lowest BCUT2D eigenvalue weighted by Crippen LogP contribution is -2.12. The van der Waals surface area contributed by atoms with E-state index in [4.69, 9.17) is 11.6 Å². The van der Waals surface area contributed by atoms with Crippen LogP contribution in [0, 0.1) is 0 Å². The summed E-state index contributed by atoms with van der Waals surface area (Å²) in [6.07, 6.45) is 1.68. The molecule has 0 aliphatic rings. The molecular weight excluding hydrogens is 364 g/mol. The molecule has 0 saturated carbocycles. The van der Waals surface area contributed by atoms with Crippen molar-refractivity contribution in [1.29, 1.82) is 0 Å². The Balaban J connectivity index is 1.97. The number of carbonyl (C=O) groups excluding carboxylic acids is 1. The van der Waals surface area contributed by atoms with Crippen LogP contribution in [-0.2, 0) is 0 Å². The average Bonchev–Trinajstić information content (AvgIpc) is 2.85. The van der Waals surface area contributed by atoms with Crippen molar-refractivity contribution < 1.29 is 4.79 Å². The largest absolute Gasteiger partial charge is 0.318 e. The molecule has 8 heteroatoms. The van der Waals surface area contributed by atoms with E-state index in [1.54, 1.807) is 12.3 Å². The zero-order valence-electron chi connectivity index (χ0n) is 9.80. The first-order valence-corrected chi connectivity index (χ1v) is 7.47. The van der Waals surface area contributed by atoms with Gasteiger partial charge >= 0.3 is 0 Å². The third-order valence-electron chi connectivity index (χ3n) is 2.52. The van der Waals surface area contributed by atoms with E-state index in [0.717, 1.165) is 21.2 Å². The molecule has 3 aromatic rings. The Morgan fingerprint density at radius 3 is 2.95 bits per heavy atom. The molecule has 0 atom stereocenters. The SMILES string of the molecule is O=C(Nc1cccc2cc(Br)cnc12)c1nnc(Cl)s1. The van der Waals surface area contributed by atoms with Gasteiger partial charge in [0.2, 0.25) is 9.47 Å². The Kier molecular flexibility index (Phi) is 3.64. The van der Waals surface area contributed by atoms with Gasteiger partial charge < -0.3 is 5.32 Å². The smallest absolute Gasteiger partial charge is 0.286 e. The van der Waals surface area contributed by atoms with Crippen molar-refractivity contribution in [3.8, 4) is 0 Å². The number of anilines is 1. The van der Waals surface area contributed by atoms with E-state index in [9.17, 15) is 4.79 Å². The molecule has 0 fully saturated rings. The van der Waals surface area contributed by atoms with Crippen LogP contribution in [0.25, 0.3) is 10.9 Å². The minimum atomic E-state index is -0.355. The molecule has 0 saturated heterocycles. The molecule has 0 aliphatic heterocycles. The highest BCUT2D eigenvalue weighted by molar-refractivity contribution is 9.10. The van der Waals surface area contributed by atoms with Crippen molar-refractivity contribution in [2.45, 2.75) is 0 Å². The number of rotatable bonds is 2. The normalized spacial score (nSPS) is 10.7. The molecule has 0 radical (unpaired) electrons. The Morgan fingerprint density at radius 2 is 2.20 bits per heavy atom. The van der Waals surface area contributed by atoms with Crippen LogP contribution in [0.2, 0.25) is 4.47 Å². The number of hydrogen-bond acceptors (Lipinski definition) is 5. The summed E-state index contributed by atoms with van der Waals surface area (Å²) in [7, 11) is 0. The van der Waals surface area contributed by atoms with E-state index < -0.39 is 0 Å². The van der Waals surface area contributed by atoms with Crippen molar-refractivity contribution >= 4 is 61.4 Å². The van der Waals surface area contributed by atoms with Crippen LogP contribution < -0.4 is 5.32 Å². The lowest BCUT2D eigenvalue weighted by atomic mass is 10.2. The van der Waals surface area contributed by atoms with Crippen molar-refractivity contribution in [3.63, 3.8) is 0 Å². The molecule has 0 aliphatic carbocycles. The lowest BCUT2D eigenvalue weighted by molar-refractivity contribution is 0.102. The zero-order chi connectivity index (χ0) is 14.1. The van der Waals surface area contributed by atoms with Gasteiger partial charge in [-0.25, -0.2) is 0 Å². The number of hydrogen-bond donors (Lipinski definition) is 1. The summed E-state index contributed by atoms with van der Waals surface area (Å²) in [5.41, 5.74) is 1.32. The van der Waals surface area contributed by atoms with Gasteiger partial charge in [-0.3, -0.25) is 9.78 Å². The van der Waals surface area contributed by atoms with Gasteiger partial charge in [0, 0.05) is 16.1 Å². The number of pyridine rings is 1. The van der Waals surface area contributed by atoms with Crippen LogP contribution in [0.5, 0.6) is 0 Å². The van der Waals surface area contributed by atoms with E-state index in [1.807, 2.05) is 18.2 Å². The molecule has 2 aromatic heterocycles. The van der Waals surface area contributed by atoms with E-state index in [0.29, 0.717) is 11.2 Å². The Labute approximate surface area is 131 Å². The molecule has 1 amide bonds. The number of nitrogens with one attached hydrogen (secondary N) is 1. The van der Waals surface area contributed by atoms with Gasteiger partial charge in [0.05, 0.1) is 11.2 Å². The van der Waals surface area contributed by atoms with Crippen LogP contribution in [0.4, 0.5) is 5.69 Å². The summed E-state index contributed by atoms with van der Waals surface area (Å²) < 4.78 is 1.11. The third kappa shape index (κ3) is 2.65. The summed E-state index contributed by atoms with van der Waals surface area (Å²) in [6.45, 7) is 0. The second-order valence-corrected chi connectivity index (χ2v) is 6.32. The minimum Gasteiger partial charge on any atom is -0.318 e. The molecule has 2 heterocycles. The van der Waals surface area contributed by atoms with Gasteiger partial charge in [-0.15, -0.1) is 10.2 Å². The van der Waals surface area contributed by atoms with E-state index in [2.05, 4.69) is 36.4 Å². The molecule has 3 rings (SSSR count). The summed E-state index contributed by atoms with van der Waals surface area (Å²) in [6, 6.07) is 7.48. The number of carbonyl (C=O) groups is 1. The first kappa shape index (κ1) is 13.4. The fourth-order valence-corrected chi connectivity index (χ4v) is 2.78. The van der Waals surface area contributed by atoms with Crippen molar-refractivity contribution in [2.75, 3.05) is 5.32 Å². The summed E-state index contributed by atoms with van der Waals surface area (Å²) in [5, 5.41) is 11.2. The van der Waals surface area contributed by atoms with Gasteiger partial charge in [0.15, 0.2) is 0 Å². The summed E-state index contributed by atoms with van der Waals surface area (Å²) in [5.74, 6) is -0.355. The predicted octanol–water partition coefficient (Wildman–Crippen LogP) is 3.75. The molecule has 5 nitrogen and oxygen atoms in total. The van der Waals surface area contributed by atoms with Gasteiger partial charge in [-0.1, -0.05) is 23.5 Å². The minimum absolute atomic E-state index is 0.212. The maximum absolute atomic E-state index is 12.0. The van der Waals surface area contributed by atoms with Crippen molar-refractivity contribution in [1.82, 2.24) is 15.2 Å². The maximum Gasteiger partial charge on any atom is 0.286 e. The van der Waals surface area contributed by atoms with Gasteiger partial charge in [0.25, 0.3) is 5.91 Å². The first-order chi connectivity index (χ1) is 9.63. The van der Waals surface area contributed by atoms with Crippen LogP contribution in [-0.4, -0.2) is 21.1 Å². The fourth-order valence-electron chi connectivity index (χ4n) is 1.71. The number of aromatic nitrogens is 3. The van der Waals surface area contributed by atoms with Crippen LogP contribution in [0.3, 0.4) is 0 Å². The predicted molar refractivity (Wildman–Crippen MR) is 82.3 cm³/mol.